The quantitative estimate of drug-likeness (QED) is 0.857. The molecule has 0 aliphatic heterocycles. The summed E-state index contributed by atoms with van der Waals surface area (Å²) in [6.45, 7) is 2.95. The molecule has 20 heavy (non-hydrogen) atoms. The first-order valence-corrected chi connectivity index (χ1v) is 8.30. The fraction of sp³-hybridized carbons (Fsp3) is 0.250. The molecule has 0 saturated heterocycles. The Balaban J connectivity index is 2.36. The molecule has 0 atom stereocenters. The van der Waals surface area contributed by atoms with Crippen molar-refractivity contribution in [2.45, 2.75) is 18.4 Å². The van der Waals surface area contributed by atoms with Crippen LogP contribution in [-0.4, -0.2) is 19.9 Å². The Bertz CT molecular complexity index is 672. The number of hydrogen-bond acceptors (Lipinski definition) is 5. The van der Waals surface area contributed by atoms with Crippen molar-refractivity contribution in [3.05, 3.63) is 41.2 Å². The Hall–Kier alpha value is -1.51. The Morgan fingerprint density at radius 1 is 1.40 bits per heavy atom. The summed E-state index contributed by atoms with van der Waals surface area (Å²) in [4.78, 5) is 3.78. The largest absolute Gasteiger partial charge is 0.313 e. The van der Waals surface area contributed by atoms with E-state index in [4.69, 9.17) is 0 Å². The topological polar surface area (TPSA) is 71.1 Å². The minimum atomic E-state index is -3.85. The van der Waals surface area contributed by atoms with Crippen molar-refractivity contribution in [1.29, 1.82) is 0 Å². The lowest BCUT2D eigenvalue weighted by Gasteiger charge is -2.11. The molecule has 108 valence electrons. The van der Waals surface area contributed by atoms with Gasteiger partial charge in [0, 0.05) is 18.1 Å². The van der Waals surface area contributed by atoms with E-state index in [1.54, 1.807) is 5.38 Å². The maximum absolute atomic E-state index is 13.4. The zero-order chi connectivity index (χ0) is 14.6. The van der Waals surface area contributed by atoms with E-state index < -0.39 is 15.8 Å². The smallest absolute Gasteiger partial charge is 0.264 e. The van der Waals surface area contributed by atoms with E-state index in [1.807, 2.05) is 6.92 Å². The Morgan fingerprint density at radius 3 is 2.85 bits per heavy atom. The van der Waals surface area contributed by atoms with Crippen LogP contribution in [0.2, 0.25) is 0 Å². The number of nitrogens with one attached hydrogen (secondary N) is 2. The second-order valence-electron chi connectivity index (χ2n) is 3.98. The van der Waals surface area contributed by atoms with Crippen molar-refractivity contribution >= 4 is 26.5 Å². The summed E-state index contributed by atoms with van der Waals surface area (Å²) in [5.41, 5.74) is 0.511. The summed E-state index contributed by atoms with van der Waals surface area (Å²) in [5, 5.41) is 4.94. The maximum Gasteiger partial charge on any atom is 0.264 e. The zero-order valence-electron chi connectivity index (χ0n) is 10.8. The number of halogens is 1. The SMILES string of the molecule is CCNCc1ccc(F)cc1S(=O)(=O)Nc1nccs1. The van der Waals surface area contributed by atoms with Gasteiger partial charge in [0.25, 0.3) is 10.0 Å². The van der Waals surface area contributed by atoms with Crippen LogP contribution in [0.5, 0.6) is 0 Å². The van der Waals surface area contributed by atoms with E-state index in [0.717, 1.165) is 17.4 Å². The number of benzene rings is 1. The predicted octanol–water partition coefficient (Wildman–Crippen LogP) is 2.19. The number of hydrogen-bond donors (Lipinski definition) is 2. The summed E-state index contributed by atoms with van der Waals surface area (Å²) < 4.78 is 40.3. The van der Waals surface area contributed by atoms with Crippen molar-refractivity contribution in [3.8, 4) is 0 Å². The number of rotatable bonds is 6. The van der Waals surface area contributed by atoms with Gasteiger partial charge >= 0.3 is 0 Å². The van der Waals surface area contributed by atoms with Gasteiger partial charge in [0.1, 0.15) is 5.82 Å². The van der Waals surface area contributed by atoms with E-state index in [2.05, 4.69) is 15.0 Å². The molecule has 2 rings (SSSR count). The molecule has 0 amide bonds. The summed E-state index contributed by atoms with van der Waals surface area (Å²) in [5.74, 6) is -0.593. The fourth-order valence-corrected chi connectivity index (χ4v) is 3.67. The standard InChI is InChI=1S/C12H14FN3O2S2/c1-2-14-8-9-3-4-10(13)7-11(9)20(17,18)16-12-15-5-6-19-12/h3-7,14H,2,8H2,1H3,(H,15,16). The van der Waals surface area contributed by atoms with Crippen LogP contribution in [0.4, 0.5) is 9.52 Å². The molecule has 5 nitrogen and oxygen atoms in total. The fourth-order valence-electron chi connectivity index (χ4n) is 1.63. The lowest BCUT2D eigenvalue weighted by Crippen LogP contribution is -2.19. The van der Waals surface area contributed by atoms with Crippen LogP contribution in [0.3, 0.4) is 0 Å². The molecular weight excluding hydrogens is 301 g/mol. The lowest BCUT2D eigenvalue weighted by atomic mass is 10.2. The first-order chi connectivity index (χ1) is 9.53. The van der Waals surface area contributed by atoms with Gasteiger partial charge < -0.3 is 5.32 Å². The van der Waals surface area contributed by atoms with E-state index in [9.17, 15) is 12.8 Å². The second-order valence-corrected chi connectivity index (χ2v) is 6.52. The average Bonchev–Trinajstić information content (AvgIpc) is 2.89. The van der Waals surface area contributed by atoms with Crippen LogP contribution in [0, 0.1) is 5.82 Å². The first-order valence-electron chi connectivity index (χ1n) is 5.94. The van der Waals surface area contributed by atoms with Gasteiger partial charge in [-0.2, -0.15) is 0 Å². The molecule has 0 aliphatic carbocycles. The normalized spacial score (nSPS) is 11.5. The van der Waals surface area contributed by atoms with Crippen molar-refractivity contribution in [2.75, 3.05) is 11.3 Å². The molecule has 1 aromatic carbocycles. The average molecular weight is 315 g/mol. The van der Waals surface area contributed by atoms with Gasteiger partial charge in [-0.05, 0) is 24.2 Å². The number of thiazole rings is 1. The highest BCUT2D eigenvalue weighted by atomic mass is 32.2. The summed E-state index contributed by atoms with van der Waals surface area (Å²) >= 11 is 1.16. The van der Waals surface area contributed by atoms with Crippen molar-refractivity contribution in [3.63, 3.8) is 0 Å². The molecule has 0 saturated carbocycles. The highest BCUT2D eigenvalue weighted by molar-refractivity contribution is 7.93. The third-order valence-corrected chi connectivity index (χ3v) is 4.78. The van der Waals surface area contributed by atoms with Crippen LogP contribution in [-0.2, 0) is 16.6 Å². The van der Waals surface area contributed by atoms with Crippen LogP contribution in [0.15, 0.2) is 34.7 Å². The monoisotopic (exact) mass is 315 g/mol. The van der Waals surface area contributed by atoms with Crippen LogP contribution in [0.25, 0.3) is 0 Å². The Labute approximate surface area is 120 Å². The van der Waals surface area contributed by atoms with Crippen molar-refractivity contribution in [2.24, 2.45) is 0 Å². The molecular formula is C12H14FN3O2S2. The molecule has 0 fully saturated rings. The molecule has 0 radical (unpaired) electrons. The van der Waals surface area contributed by atoms with E-state index in [-0.39, 0.29) is 10.0 Å². The zero-order valence-corrected chi connectivity index (χ0v) is 12.4. The first kappa shape index (κ1) is 14.9. The van der Waals surface area contributed by atoms with Gasteiger partial charge in [0.15, 0.2) is 5.13 Å². The molecule has 0 aliphatic rings. The van der Waals surface area contributed by atoms with E-state index >= 15 is 0 Å². The highest BCUT2D eigenvalue weighted by Gasteiger charge is 2.20. The Kier molecular flexibility index (Phi) is 4.69. The molecule has 0 bridgehead atoms. The van der Waals surface area contributed by atoms with Crippen LogP contribution in [0.1, 0.15) is 12.5 Å². The summed E-state index contributed by atoms with van der Waals surface area (Å²) in [7, 11) is -3.85. The lowest BCUT2D eigenvalue weighted by molar-refractivity contribution is 0.590. The molecule has 2 N–H and O–H groups in total. The van der Waals surface area contributed by atoms with Gasteiger partial charge in [-0.15, -0.1) is 11.3 Å². The highest BCUT2D eigenvalue weighted by Crippen LogP contribution is 2.22. The minimum Gasteiger partial charge on any atom is -0.313 e. The van der Waals surface area contributed by atoms with Crippen molar-refractivity contribution in [1.82, 2.24) is 10.3 Å². The maximum atomic E-state index is 13.4. The molecule has 0 spiro atoms. The number of aromatic nitrogens is 1. The molecule has 2 aromatic rings. The van der Waals surface area contributed by atoms with Gasteiger partial charge in [-0.3, -0.25) is 4.72 Å². The Morgan fingerprint density at radius 2 is 2.20 bits per heavy atom. The van der Waals surface area contributed by atoms with Gasteiger partial charge in [-0.1, -0.05) is 13.0 Å². The predicted molar refractivity (Wildman–Crippen MR) is 76.7 cm³/mol. The number of nitrogens with zero attached hydrogens (tertiary/aromatic N) is 1. The number of sulfonamides is 1. The van der Waals surface area contributed by atoms with Gasteiger partial charge in [0.05, 0.1) is 4.90 Å². The minimum absolute atomic E-state index is 0.0753. The van der Waals surface area contributed by atoms with Crippen LogP contribution >= 0.6 is 11.3 Å². The van der Waals surface area contributed by atoms with Crippen LogP contribution < -0.4 is 10.0 Å². The van der Waals surface area contributed by atoms with E-state index in [0.29, 0.717) is 18.7 Å². The molecule has 1 aromatic heterocycles. The molecule has 8 heteroatoms. The molecule has 1 heterocycles. The van der Waals surface area contributed by atoms with Gasteiger partial charge in [-0.25, -0.2) is 17.8 Å². The molecule has 0 unspecified atom stereocenters. The number of anilines is 1. The summed E-state index contributed by atoms with van der Waals surface area (Å²) in [6.07, 6.45) is 1.49. The van der Waals surface area contributed by atoms with Gasteiger partial charge in [0.2, 0.25) is 0 Å². The second kappa shape index (κ2) is 6.29. The van der Waals surface area contributed by atoms with Crippen molar-refractivity contribution < 1.29 is 12.8 Å². The third kappa shape index (κ3) is 3.53. The van der Waals surface area contributed by atoms with E-state index in [1.165, 1.54) is 18.3 Å². The summed E-state index contributed by atoms with van der Waals surface area (Å²) in [6, 6.07) is 3.73. The third-order valence-electron chi connectivity index (χ3n) is 2.54.